The number of benzene rings is 1. The van der Waals surface area contributed by atoms with E-state index in [-0.39, 0.29) is 5.43 Å². The van der Waals surface area contributed by atoms with Crippen LogP contribution in [0.3, 0.4) is 0 Å². The molecule has 0 saturated carbocycles. The minimum atomic E-state index is -0.398. The highest BCUT2D eigenvalue weighted by molar-refractivity contribution is 7.13. The maximum Gasteiger partial charge on any atom is 0.308 e. The molecular formula is C19H19NO4S. The van der Waals surface area contributed by atoms with Gasteiger partial charge in [-0.05, 0) is 31.9 Å². The van der Waals surface area contributed by atoms with E-state index < -0.39 is 5.97 Å². The molecule has 1 aromatic carbocycles. The average molecular weight is 357 g/mol. The van der Waals surface area contributed by atoms with E-state index in [4.69, 9.17) is 9.15 Å². The van der Waals surface area contributed by atoms with Gasteiger partial charge in [0.25, 0.3) is 0 Å². The molecular weight excluding hydrogens is 338 g/mol. The van der Waals surface area contributed by atoms with Crippen LogP contribution in [-0.4, -0.2) is 11.0 Å². The smallest absolute Gasteiger partial charge is 0.308 e. The Morgan fingerprint density at radius 1 is 1.32 bits per heavy atom. The molecule has 0 aliphatic rings. The molecule has 0 saturated heterocycles. The summed E-state index contributed by atoms with van der Waals surface area (Å²) < 4.78 is 11.2. The zero-order valence-electron chi connectivity index (χ0n) is 14.6. The third-order valence-electron chi connectivity index (χ3n) is 3.86. The Labute approximate surface area is 149 Å². The summed E-state index contributed by atoms with van der Waals surface area (Å²) in [5.41, 5.74) is 2.49. The van der Waals surface area contributed by atoms with Crippen molar-refractivity contribution in [3.8, 4) is 16.3 Å². The lowest BCUT2D eigenvalue weighted by Gasteiger charge is -2.11. The van der Waals surface area contributed by atoms with Crippen LogP contribution in [0.2, 0.25) is 0 Å². The van der Waals surface area contributed by atoms with Crippen molar-refractivity contribution in [1.29, 1.82) is 0 Å². The molecule has 0 fully saturated rings. The highest BCUT2D eigenvalue weighted by atomic mass is 32.1. The lowest BCUT2D eigenvalue weighted by atomic mass is 10.0. The van der Waals surface area contributed by atoms with Crippen molar-refractivity contribution in [2.75, 3.05) is 0 Å². The van der Waals surface area contributed by atoms with Crippen LogP contribution in [-0.2, 0) is 11.2 Å². The molecule has 0 aliphatic carbocycles. The Balaban J connectivity index is 2.27. The monoisotopic (exact) mass is 357 g/mol. The van der Waals surface area contributed by atoms with Gasteiger partial charge >= 0.3 is 5.97 Å². The molecule has 0 unspecified atom stereocenters. The van der Waals surface area contributed by atoms with Gasteiger partial charge in [0.05, 0.1) is 10.9 Å². The minimum absolute atomic E-state index is 0.111. The zero-order valence-corrected chi connectivity index (χ0v) is 15.5. The van der Waals surface area contributed by atoms with Crippen molar-refractivity contribution in [3.05, 3.63) is 44.8 Å². The van der Waals surface area contributed by atoms with Gasteiger partial charge in [0.1, 0.15) is 22.1 Å². The Morgan fingerprint density at radius 3 is 2.68 bits per heavy atom. The van der Waals surface area contributed by atoms with E-state index in [1.807, 2.05) is 19.2 Å². The maximum absolute atomic E-state index is 13.0. The van der Waals surface area contributed by atoms with E-state index in [9.17, 15) is 9.59 Å². The van der Waals surface area contributed by atoms with Gasteiger partial charge in [-0.2, -0.15) is 0 Å². The van der Waals surface area contributed by atoms with Crippen molar-refractivity contribution in [2.24, 2.45) is 0 Å². The molecule has 5 nitrogen and oxygen atoms in total. The molecule has 0 radical (unpaired) electrons. The molecule has 0 amide bonds. The summed E-state index contributed by atoms with van der Waals surface area (Å²) >= 11 is 1.43. The lowest BCUT2D eigenvalue weighted by molar-refractivity contribution is -0.131. The fourth-order valence-corrected chi connectivity index (χ4v) is 3.70. The van der Waals surface area contributed by atoms with Crippen LogP contribution in [0.25, 0.3) is 21.5 Å². The van der Waals surface area contributed by atoms with Crippen LogP contribution in [0.4, 0.5) is 0 Å². The van der Waals surface area contributed by atoms with Gasteiger partial charge < -0.3 is 9.15 Å². The van der Waals surface area contributed by atoms with Gasteiger partial charge in [0, 0.05) is 24.1 Å². The minimum Gasteiger partial charge on any atom is -0.460 e. The summed E-state index contributed by atoms with van der Waals surface area (Å²) in [5.74, 6) is 0.553. The third-order valence-corrected chi connectivity index (χ3v) is 4.83. The molecule has 3 aromatic rings. The first-order valence-corrected chi connectivity index (χ1v) is 9.00. The maximum atomic E-state index is 13.0. The summed E-state index contributed by atoms with van der Waals surface area (Å²) in [7, 11) is 0. The lowest BCUT2D eigenvalue weighted by Crippen LogP contribution is -2.10. The van der Waals surface area contributed by atoms with Gasteiger partial charge in [-0.15, -0.1) is 11.3 Å². The van der Waals surface area contributed by atoms with E-state index in [0.717, 1.165) is 17.7 Å². The fraction of sp³-hybridized carbons (Fsp3) is 0.316. The summed E-state index contributed by atoms with van der Waals surface area (Å²) in [6.45, 7) is 7.03. The number of thiazole rings is 1. The van der Waals surface area contributed by atoms with E-state index in [1.165, 1.54) is 18.3 Å². The number of esters is 1. The van der Waals surface area contributed by atoms with Crippen LogP contribution in [0.1, 0.15) is 37.3 Å². The second-order valence-corrected chi connectivity index (χ2v) is 6.81. The molecule has 25 heavy (non-hydrogen) atoms. The molecule has 130 valence electrons. The van der Waals surface area contributed by atoms with Crippen LogP contribution in [0.15, 0.2) is 26.7 Å². The zero-order chi connectivity index (χ0) is 18.1. The number of rotatable bonds is 4. The molecule has 6 heteroatoms. The predicted molar refractivity (Wildman–Crippen MR) is 98.4 cm³/mol. The second kappa shape index (κ2) is 6.80. The van der Waals surface area contributed by atoms with Crippen molar-refractivity contribution in [1.82, 2.24) is 4.98 Å². The second-order valence-electron chi connectivity index (χ2n) is 5.96. The first-order valence-electron chi connectivity index (χ1n) is 8.12. The number of hydrogen-bond acceptors (Lipinski definition) is 6. The molecule has 0 atom stereocenters. The van der Waals surface area contributed by atoms with Gasteiger partial charge in [0.15, 0.2) is 0 Å². The van der Waals surface area contributed by atoms with Crippen molar-refractivity contribution in [2.45, 2.75) is 40.5 Å². The SMILES string of the molecule is CCCc1cc2c(=O)c(-c3nc(C)cs3)c(C)oc2cc1OC(C)=O. The van der Waals surface area contributed by atoms with Crippen molar-refractivity contribution < 1.29 is 13.9 Å². The number of nitrogens with zero attached hydrogens (tertiary/aromatic N) is 1. The van der Waals surface area contributed by atoms with E-state index in [1.54, 1.807) is 19.1 Å². The summed E-state index contributed by atoms with van der Waals surface area (Å²) in [6.07, 6.45) is 1.58. The third kappa shape index (κ3) is 3.35. The normalized spacial score (nSPS) is 11.0. The first-order chi connectivity index (χ1) is 11.9. The van der Waals surface area contributed by atoms with E-state index in [2.05, 4.69) is 4.98 Å². The van der Waals surface area contributed by atoms with E-state index in [0.29, 0.717) is 39.5 Å². The largest absolute Gasteiger partial charge is 0.460 e. The van der Waals surface area contributed by atoms with Crippen LogP contribution >= 0.6 is 11.3 Å². The summed E-state index contributed by atoms with van der Waals surface area (Å²) in [4.78, 5) is 28.8. The topological polar surface area (TPSA) is 69.4 Å². The van der Waals surface area contributed by atoms with Gasteiger partial charge in [-0.1, -0.05) is 13.3 Å². The fourth-order valence-electron chi connectivity index (χ4n) is 2.81. The molecule has 2 heterocycles. The number of aromatic nitrogens is 1. The Hall–Kier alpha value is -2.47. The molecule has 0 bridgehead atoms. The Bertz CT molecular complexity index is 1020. The predicted octanol–water partition coefficient (Wildman–Crippen LogP) is 4.41. The number of carbonyl (C=O) groups excluding carboxylic acids is 1. The number of aryl methyl sites for hydroxylation is 3. The van der Waals surface area contributed by atoms with Crippen LogP contribution in [0, 0.1) is 13.8 Å². The van der Waals surface area contributed by atoms with Crippen LogP contribution in [0.5, 0.6) is 5.75 Å². The summed E-state index contributed by atoms with van der Waals surface area (Å²) in [6, 6.07) is 3.40. The Morgan fingerprint density at radius 2 is 2.08 bits per heavy atom. The highest BCUT2D eigenvalue weighted by Gasteiger charge is 2.18. The van der Waals surface area contributed by atoms with Crippen molar-refractivity contribution >= 4 is 28.3 Å². The van der Waals surface area contributed by atoms with Gasteiger partial charge in [0.2, 0.25) is 5.43 Å². The molecule has 0 N–H and O–H groups in total. The molecule has 3 rings (SSSR count). The number of hydrogen-bond donors (Lipinski definition) is 0. The van der Waals surface area contributed by atoms with Gasteiger partial charge in [-0.3, -0.25) is 9.59 Å². The molecule has 2 aromatic heterocycles. The number of ether oxygens (including phenoxy) is 1. The standard InChI is InChI=1S/C19H19NO4S/c1-5-6-13-7-14-16(8-15(13)24-12(4)21)23-11(3)17(18(14)22)19-20-10(2)9-25-19/h7-9H,5-6H2,1-4H3. The first kappa shape index (κ1) is 17.4. The molecule has 0 aliphatic heterocycles. The number of carbonyl (C=O) groups is 1. The Kier molecular flexibility index (Phi) is 4.72. The highest BCUT2D eigenvalue weighted by Crippen LogP contribution is 2.31. The average Bonchev–Trinajstić information content (AvgIpc) is 2.94. The quantitative estimate of drug-likeness (QED) is 0.511. The van der Waals surface area contributed by atoms with E-state index >= 15 is 0 Å². The number of fused-ring (bicyclic) bond motifs is 1. The van der Waals surface area contributed by atoms with Crippen LogP contribution < -0.4 is 10.2 Å². The van der Waals surface area contributed by atoms with Gasteiger partial charge in [-0.25, -0.2) is 4.98 Å². The summed E-state index contributed by atoms with van der Waals surface area (Å²) in [5, 5.41) is 3.05. The molecule has 0 spiro atoms. The van der Waals surface area contributed by atoms with Crippen molar-refractivity contribution in [3.63, 3.8) is 0 Å².